The summed E-state index contributed by atoms with van der Waals surface area (Å²) in [6.45, 7) is 3.21. The van der Waals surface area contributed by atoms with Crippen LogP contribution in [-0.4, -0.2) is 6.79 Å². The molecular formula is C16H15Br2NO2. The van der Waals surface area contributed by atoms with Crippen molar-refractivity contribution in [2.24, 2.45) is 0 Å². The Morgan fingerprint density at radius 2 is 1.95 bits per heavy atom. The molecular weight excluding hydrogens is 398 g/mol. The number of ether oxygens (including phenoxy) is 2. The third-order valence-corrected chi connectivity index (χ3v) is 4.78. The third-order valence-electron chi connectivity index (χ3n) is 3.47. The zero-order valence-corrected chi connectivity index (χ0v) is 14.7. The van der Waals surface area contributed by atoms with Gasteiger partial charge in [0.25, 0.3) is 0 Å². The first-order valence-corrected chi connectivity index (χ1v) is 8.29. The van der Waals surface area contributed by atoms with Crippen molar-refractivity contribution in [1.82, 2.24) is 5.32 Å². The molecule has 2 aromatic rings. The normalized spacial score (nSPS) is 14.2. The van der Waals surface area contributed by atoms with Gasteiger partial charge in [-0.15, -0.1) is 0 Å². The molecule has 110 valence electrons. The number of halogens is 2. The van der Waals surface area contributed by atoms with Crippen LogP contribution in [0.15, 0.2) is 45.3 Å². The van der Waals surface area contributed by atoms with E-state index in [2.05, 4.69) is 68.4 Å². The van der Waals surface area contributed by atoms with Gasteiger partial charge in [0, 0.05) is 17.1 Å². The van der Waals surface area contributed by atoms with E-state index < -0.39 is 0 Å². The molecule has 0 unspecified atom stereocenters. The maximum atomic E-state index is 5.44. The fourth-order valence-corrected chi connectivity index (χ4v) is 3.56. The molecule has 5 heteroatoms. The monoisotopic (exact) mass is 411 g/mol. The Morgan fingerprint density at radius 3 is 2.76 bits per heavy atom. The Kier molecular flexibility index (Phi) is 4.52. The van der Waals surface area contributed by atoms with Crippen LogP contribution in [0.2, 0.25) is 0 Å². The van der Waals surface area contributed by atoms with Crippen molar-refractivity contribution < 1.29 is 9.47 Å². The fraction of sp³-hybridized carbons (Fsp3) is 0.250. The van der Waals surface area contributed by atoms with Crippen molar-refractivity contribution >= 4 is 31.9 Å². The zero-order chi connectivity index (χ0) is 14.8. The highest BCUT2D eigenvalue weighted by molar-refractivity contribution is 9.10. The molecule has 21 heavy (non-hydrogen) atoms. The Labute approximate surface area is 140 Å². The average molecular weight is 413 g/mol. The first-order valence-electron chi connectivity index (χ1n) is 6.71. The quantitative estimate of drug-likeness (QED) is 0.782. The number of fused-ring (bicyclic) bond motifs is 1. The highest BCUT2D eigenvalue weighted by Crippen LogP contribution is 2.40. The van der Waals surface area contributed by atoms with Crippen LogP contribution < -0.4 is 14.8 Å². The van der Waals surface area contributed by atoms with Gasteiger partial charge in [-0.1, -0.05) is 34.1 Å². The van der Waals surface area contributed by atoms with E-state index in [0.29, 0.717) is 0 Å². The molecule has 1 heterocycles. The topological polar surface area (TPSA) is 30.5 Å². The summed E-state index contributed by atoms with van der Waals surface area (Å²) in [6.07, 6.45) is 0. The lowest BCUT2D eigenvalue weighted by Gasteiger charge is -2.16. The van der Waals surface area contributed by atoms with E-state index in [4.69, 9.17) is 9.47 Å². The van der Waals surface area contributed by atoms with Crippen LogP contribution in [0.4, 0.5) is 0 Å². The lowest BCUT2D eigenvalue weighted by Crippen LogP contribution is -2.18. The van der Waals surface area contributed by atoms with Gasteiger partial charge in [0.1, 0.15) is 0 Å². The van der Waals surface area contributed by atoms with E-state index in [9.17, 15) is 0 Å². The number of nitrogens with one attached hydrogen (secondary N) is 1. The van der Waals surface area contributed by atoms with Crippen molar-refractivity contribution in [2.75, 3.05) is 6.79 Å². The van der Waals surface area contributed by atoms with Crippen LogP contribution in [0.3, 0.4) is 0 Å². The first kappa shape index (κ1) is 14.9. The van der Waals surface area contributed by atoms with E-state index >= 15 is 0 Å². The summed E-state index contributed by atoms with van der Waals surface area (Å²) in [4.78, 5) is 0. The molecule has 0 spiro atoms. The highest BCUT2D eigenvalue weighted by atomic mass is 79.9. The smallest absolute Gasteiger partial charge is 0.231 e. The van der Waals surface area contributed by atoms with Crippen molar-refractivity contribution in [1.29, 1.82) is 0 Å². The van der Waals surface area contributed by atoms with Gasteiger partial charge in [-0.2, -0.15) is 0 Å². The lowest BCUT2D eigenvalue weighted by atomic mass is 10.1. The summed E-state index contributed by atoms with van der Waals surface area (Å²) >= 11 is 7.11. The van der Waals surface area contributed by atoms with Crippen LogP contribution in [0, 0.1) is 0 Å². The SMILES string of the molecule is C[C@@H](NCc1cc(Br)c2c(c1)OCO2)c1ccccc1Br. The summed E-state index contributed by atoms with van der Waals surface area (Å²) in [6, 6.07) is 12.6. The predicted molar refractivity (Wildman–Crippen MR) is 89.7 cm³/mol. The van der Waals surface area contributed by atoms with Crippen molar-refractivity contribution in [2.45, 2.75) is 19.5 Å². The van der Waals surface area contributed by atoms with E-state index in [0.717, 1.165) is 32.6 Å². The minimum Gasteiger partial charge on any atom is -0.454 e. The second-order valence-electron chi connectivity index (χ2n) is 4.94. The van der Waals surface area contributed by atoms with Crippen LogP contribution >= 0.6 is 31.9 Å². The number of rotatable bonds is 4. The maximum Gasteiger partial charge on any atom is 0.231 e. The van der Waals surface area contributed by atoms with Gasteiger partial charge in [-0.25, -0.2) is 0 Å². The van der Waals surface area contributed by atoms with Crippen LogP contribution in [-0.2, 0) is 6.54 Å². The summed E-state index contributed by atoms with van der Waals surface area (Å²) in [7, 11) is 0. The van der Waals surface area contributed by atoms with Crippen LogP contribution in [0.5, 0.6) is 11.5 Å². The van der Waals surface area contributed by atoms with Gasteiger partial charge in [-0.05, 0) is 52.2 Å². The number of hydrogen-bond donors (Lipinski definition) is 1. The molecule has 0 aliphatic carbocycles. The Hall–Kier alpha value is -1.04. The molecule has 1 N–H and O–H groups in total. The van der Waals surface area contributed by atoms with Crippen LogP contribution in [0.25, 0.3) is 0 Å². The molecule has 3 nitrogen and oxygen atoms in total. The molecule has 0 saturated heterocycles. The number of hydrogen-bond acceptors (Lipinski definition) is 3. The summed E-state index contributed by atoms with van der Waals surface area (Å²) in [5.74, 6) is 1.59. The largest absolute Gasteiger partial charge is 0.454 e. The average Bonchev–Trinajstić information content (AvgIpc) is 2.94. The highest BCUT2D eigenvalue weighted by Gasteiger charge is 2.18. The molecule has 0 saturated carbocycles. The molecule has 1 aliphatic rings. The Balaban J connectivity index is 1.71. The predicted octanol–water partition coefficient (Wildman–Crippen LogP) is 4.79. The molecule has 2 aromatic carbocycles. The van der Waals surface area contributed by atoms with Gasteiger partial charge < -0.3 is 14.8 Å². The minimum absolute atomic E-state index is 0.254. The third kappa shape index (κ3) is 3.25. The van der Waals surface area contributed by atoms with Crippen molar-refractivity contribution in [3.63, 3.8) is 0 Å². The van der Waals surface area contributed by atoms with Gasteiger partial charge >= 0.3 is 0 Å². The summed E-state index contributed by atoms with van der Waals surface area (Å²) in [5.41, 5.74) is 2.40. The van der Waals surface area contributed by atoms with Gasteiger partial charge in [-0.3, -0.25) is 0 Å². The molecule has 3 rings (SSSR count). The summed E-state index contributed by atoms with van der Waals surface area (Å²) in [5, 5.41) is 3.53. The van der Waals surface area contributed by atoms with Gasteiger partial charge in [0.15, 0.2) is 11.5 Å². The molecule has 0 radical (unpaired) electrons. The molecule has 0 aromatic heterocycles. The van der Waals surface area contributed by atoms with Gasteiger partial charge in [0.05, 0.1) is 4.47 Å². The van der Waals surface area contributed by atoms with Crippen LogP contribution in [0.1, 0.15) is 24.1 Å². The Bertz CT molecular complexity index is 661. The molecule has 0 bridgehead atoms. The summed E-state index contributed by atoms with van der Waals surface area (Å²) < 4.78 is 12.9. The second-order valence-corrected chi connectivity index (χ2v) is 6.64. The second kappa shape index (κ2) is 6.38. The lowest BCUT2D eigenvalue weighted by molar-refractivity contribution is 0.173. The fourth-order valence-electron chi connectivity index (χ4n) is 2.33. The molecule has 0 amide bonds. The van der Waals surface area contributed by atoms with Crippen molar-refractivity contribution in [3.05, 3.63) is 56.5 Å². The maximum absolute atomic E-state index is 5.44. The molecule has 0 fully saturated rings. The van der Waals surface area contributed by atoms with Crippen molar-refractivity contribution in [3.8, 4) is 11.5 Å². The van der Waals surface area contributed by atoms with E-state index in [1.165, 1.54) is 5.56 Å². The molecule has 1 aliphatic heterocycles. The van der Waals surface area contributed by atoms with Gasteiger partial charge in [0.2, 0.25) is 6.79 Å². The van der Waals surface area contributed by atoms with E-state index in [1.54, 1.807) is 0 Å². The van der Waals surface area contributed by atoms with E-state index in [-0.39, 0.29) is 12.8 Å². The standard InChI is InChI=1S/C16H15Br2NO2/c1-10(12-4-2-3-5-13(12)17)19-8-11-6-14(18)16-15(7-11)20-9-21-16/h2-7,10,19H,8-9H2,1H3/t10-/m1/s1. The first-order chi connectivity index (χ1) is 10.1. The molecule has 1 atom stereocenters. The Morgan fingerprint density at radius 1 is 1.14 bits per heavy atom. The zero-order valence-electron chi connectivity index (χ0n) is 11.5. The van der Waals surface area contributed by atoms with E-state index in [1.807, 2.05) is 12.1 Å². The minimum atomic E-state index is 0.254. The number of benzene rings is 2.